The Hall–Kier alpha value is -4.54. The third kappa shape index (κ3) is 73.8. The van der Waals surface area contributed by atoms with Crippen molar-refractivity contribution in [2.45, 2.75) is 341 Å². The first kappa shape index (κ1) is 97.5. The molecule has 19 heteroatoms. The van der Waals surface area contributed by atoms with E-state index in [1.807, 2.05) is 12.2 Å². The van der Waals surface area contributed by atoms with Crippen LogP contribution in [0.3, 0.4) is 0 Å². The first-order valence-electron chi connectivity index (χ1n) is 39.8. The zero-order valence-corrected chi connectivity index (χ0v) is 65.8. The molecule has 0 spiro atoms. The Bertz CT molecular complexity index is 2410. The van der Waals surface area contributed by atoms with Crippen LogP contribution < -0.4 is 0 Å². The fraction of sp³-hybridized carbons (Fsp3) is 0.711. The van der Waals surface area contributed by atoms with Gasteiger partial charge in [-0.2, -0.15) is 0 Å². The molecule has 5 atom stereocenters. The van der Waals surface area contributed by atoms with Gasteiger partial charge in [-0.1, -0.05) is 284 Å². The van der Waals surface area contributed by atoms with E-state index in [1.165, 1.54) is 89.9 Å². The van der Waals surface area contributed by atoms with E-state index in [9.17, 15) is 43.2 Å². The molecule has 102 heavy (non-hydrogen) atoms. The van der Waals surface area contributed by atoms with Crippen LogP contribution in [-0.2, 0) is 65.4 Å². The summed E-state index contributed by atoms with van der Waals surface area (Å²) in [5, 5.41) is 10.6. The number of ether oxygens (including phenoxy) is 4. The SMILES string of the molecule is CCC=CCC=CCC=CCC=CCCCCCCC(=O)OC(COC(=O)CCCC=CCC=CCC=CCC=CCCCCC)COP(=O)(O)OCC(O)COP(=O)(O)OCC(COC(=O)CCCCCCCC=CCC=CCCCCC)OC(=O)CCCCCCCCCCCCCCC. The van der Waals surface area contributed by atoms with E-state index in [2.05, 4.69) is 137 Å². The van der Waals surface area contributed by atoms with Gasteiger partial charge in [0, 0.05) is 25.7 Å². The Morgan fingerprint density at radius 3 is 0.843 bits per heavy atom. The molecule has 0 saturated carbocycles. The minimum absolute atomic E-state index is 0.0530. The maximum atomic E-state index is 13.1. The van der Waals surface area contributed by atoms with E-state index in [0.29, 0.717) is 32.1 Å². The fourth-order valence-corrected chi connectivity index (χ4v) is 11.9. The summed E-state index contributed by atoms with van der Waals surface area (Å²) in [6.07, 6.45) is 81.8. The van der Waals surface area contributed by atoms with Gasteiger partial charge in [0.1, 0.15) is 19.3 Å². The van der Waals surface area contributed by atoms with Crippen molar-refractivity contribution in [3.63, 3.8) is 0 Å². The van der Waals surface area contributed by atoms with Crippen molar-refractivity contribution in [3.8, 4) is 0 Å². The molecule has 0 rings (SSSR count). The van der Waals surface area contributed by atoms with Gasteiger partial charge in [0.05, 0.1) is 26.4 Å². The Morgan fingerprint density at radius 1 is 0.284 bits per heavy atom. The molecule has 0 radical (unpaired) electrons. The van der Waals surface area contributed by atoms with Crippen molar-refractivity contribution in [1.82, 2.24) is 0 Å². The first-order chi connectivity index (χ1) is 49.7. The molecule has 3 N–H and O–H groups in total. The number of aliphatic hydroxyl groups is 1. The second kappa shape index (κ2) is 74.7. The molecule has 0 fully saturated rings. The molecule has 0 aromatic heterocycles. The van der Waals surface area contributed by atoms with E-state index < -0.39 is 97.5 Å². The molecule has 0 aliphatic heterocycles. The number of hydrogen-bond donors (Lipinski definition) is 3. The highest BCUT2D eigenvalue weighted by Crippen LogP contribution is 2.45. The molecule has 5 unspecified atom stereocenters. The Morgan fingerprint density at radius 2 is 0.520 bits per heavy atom. The fourth-order valence-electron chi connectivity index (χ4n) is 10.4. The highest BCUT2D eigenvalue weighted by Gasteiger charge is 2.30. The quantitative estimate of drug-likeness (QED) is 0.0169. The molecule has 0 aliphatic rings. The minimum atomic E-state index is -5.00. The largest absolute Gasteiger partial charge is 0.472 e. The zero-order valence-electron chi connectivity index (χ0n) is 64.0. The molecular formula is C83H142O17P2. The maximum Gasteiger partial charge on any atom is 0.472 e. The van der Waals surface area contributed by atoms with Crippen LogP contribution in [0, 0.1) is 0 Å². The highest BCUT2D eigenvalue weighted by atomic mass is 31.2. The van der Waals surface area contributed by atoms with Gasteiger partial charge in [0.2, 0.25) is 0 Å². The molecule has 0 aliphatic carbocycles. The first-order valence-corrected chi connectivity index (χ1v) is 42.8. The van der Waals surface area contributed by atoms with Gasteiger partial charge in [-0.3, -0.25) is 37.3 Å². The summed E-state index contributed by atoms with van der Waals surface area (Å²) >= 11 is 0. The van der Waals surface area contributed by atoms with Gasteiger partial charge in [-0.05, 0) is 135 Å². The lowest BCUT2D eigenvalue weighted by Gasteiger charge is -2.21. The number of carbonyl (C=O) groups excluding carboxylic acids is 4. The number of allylic oxidation sites excluding steroid dienone is 20. The Balaban J connectivity index is 5.44. The van der Waals surface area contributed by atoms with Gasteiger partial charge in [0.25, 0.3) is 0 Å². The topological polar surface area (TPSA) is 237 Å². The van der Waals surface area contributed by atoms with Crippen molar-refractivity contribution in [2.75, 3.05) is 39.6 Å². The Kier molecular flexibility index (Phi) is 71.4. The summed E-state index contributed by atoms with van der Waals surface area (Å²) < 4.78 is 68.5. The van der Waals surface area contributed by atoms with E-state index >= 15 is 0 Å². The van der Waals surface area contributed by atoms with Gasteiger partial charge < -0.3 is 33.8 Å². The van der Waals surface area contributed by atoms with Gasteiger partial charge in [-0.15, -0.1) is 0 Å². The predicted molar refractivity (Wildman–Crippen MR) is 418 cm³/mol. The molecule has 0 heterocycles. The van der Waals surface area contributed by atoms with Gasteiger partial charge in [0.15, 0.2) is 12.2 Å². The molecular weight excluding hydrogens is 1330 g/mol. The maximum absolute atomic E-state index is 13.1. The summed E-state index contributed by atoms with van der Waals surface area (Å²) in [5.74, 6) is -2.27. The molecule has 0 aromatic carbocycles. The second-order valence-electron chi connectivity index (χ2n) is 26.3. The van der Waals surface area contributed by atoms with Crippen LogP contribution in [0.1, 0.15) is 323 Å². The van der Waals surface area contributed by atoms with E-state index in [-0.39, 0.29) is 25.7 Å². The lowest BCUT2D eigenvalue weighted by Crippen LogP contribution is -2.30. The Labute approximate surface area is 619 Å². The lowest BCUT2D eigenvalue weighted by molar-refractivity contribution is -0.161. The van der Waals surface area contributed by atoms with E-state index in [4.69, 9.17) is 37.0 Å². The van der Waals surface area contributed by atoms with Crippen molar-refractivity contribution in [3.05, 3.63) is 122 Å². The van der Waals surface area contributed by atoms with Gasteiger partial charge in [-0.25, -0.2) is 9.13 Å². The van der Waals surface area contributed by atoms with E-state index in [1.54, 1.807) is 0 Å². The lowest BCUT2D eigenvalue weighted by atomic mass is 10.0. The summed E-state index contributed by atoms with van der Waals surface area (Å²) in [7, 11) is -9.98. The molecule has 17 nitrogen and oxygen atoms in total. The van der Waals surface area contributed by atoms with Crippen LogP contribution in [-0.4, -0.2) is 96.7 Å². The van der Waals surface area contributed by atoms with Crippen LogP contribution >= 0.6 is 15.6 Å². The summed E-state index contributed by atoms with van der Waals surface area (Å²) in [6.45, 7) is 4.62. The number of esters is 4. The number of phosphoric acid groups is 2. The molecule has 586 valence electrons. The minimum Gasteiger partial charge on any atom is -0.462 e. The standard InChI is InChI=1S/C83H142O17P2/c1-5-9-13-17-21-25-29-33-36-38-41-45-48-52-56-60-64-68-81(86)94-74-79(100-83(88)70-66-62-58-54-50-46-42-39-37-34-30-26-22-18-14-10-6-2)76-98-102(91,92)96-72-77(84)71-95-101(89,90)97-75-78(99-82(87)69-65-61-57-53-49-43-32-28-24-20-16-12-8-4)73-93-80(85)67-63-59-55-51-47-44-40-35-31-27-23-19-15-11-7-3/h10,14,21-23,25-27,33-37,40-42,45-46,52,56,77-79,84H,5-9,11-13,15-20,24,28-32,38-39,43-44,47-51,53-55,57-76H2,1-4H3,(H,89,90)(H,91,92). The van der Waals surface area contributed by atoms with E-state index in [0.717, 1.165) is 148 Å². The average Bonchev–Trinajstić information content (AvgIpc) is 0.908. The van der Waals surface area contributed by atoms with Crippen molar-refractivity contribution in [2.24, 2.45) is 0 Å². The van der Waals surface area contributed by atoms with Crippen LogP contribution in [0.5, 0.6) is 0 Å². The third-order valence-corrected chi connectivity index (χ3v) is 18.3. The zero-order chi connectivity index (χ0) is 74.6. The smallest absolute Gasteiger partial charge is 0.462 e. The highest BCUT2D eigenvalue weighted by molar-refractivity contribution is 7.47. The normalized spacial score (nSPS) is 14.5. The van der Waals surface area contributed by atoms with Gasteiger partial charge >= 0.3 is 39.5 Å². The summed E-state index contributed by atoms with van der Waals surface area (Å²) in [4.78, 5) is 73.0. The van der Waals surface area contributed by atoms with Crippen molar-refractivity contribution < 1.29 is 80.2 Å². The summed E-state index contributed by atoms with van der Waals surface area (Å²) in [5.41, 5.74) is 0. The molecule has 0 amide bonds. The predicted octanol–water partition coefficient (Wildman–Crippen LogP) is 23.1. The monoisotopic (exact) mass is 1470 g/mol. The molecule has 0 bridgehead atoms. The van der Waals surface area contributed by atoms with Crippen LogP contribution in [0.2, 0.25) is 0 Å². The second-order valence-corrected chi connectivity index (χ2v) is 29.2. The summed E-state index contributed by atoms with van der Waals surface area (Å²) in [6, 6.07) is 0. The number of hydrogen-bond acceptors (Lipinski definition) is 15. The molecule has 0 saturated heterocycles. The van der Waals surface area contributed by atoms with Crippen molar-refractivity contribution >= 4 is 39.5 Å². The van der Waals surface area contributed by atoms with Crippen LogP contribution in [0.15, 0.2) is 122 Å². The number of unbranched alkanes of at least 4 members (excludes halogenated alkanes) is 28. The molecule has 0 aromatic rings. The number of phosphoric ester groups is 2. The number of aliphatic hydroxyl groups excluding tert-OH is 1. The average molecular weight is 1470 g/mol. The number of rotatable bonds is 74. The van der Waals surface area contributed by atoms with Crippen LogP contribution in [0.4, 0.5) is 0 Å². The number of carbonyl (C=O) groups is 4. The van der Waals surface area contributed by atoms with Crippen molar-refractivity contribution in [1.29, 1.82) is 0 Å². The van der Waals surface area contributed by atoms with Crippen LogP contribution in [0.25, 0.3) is 0 Å². The third-order valence-electron chi connectivity index (χ3n) is 16.4.